The molecule has 6 nitrogen and oxygen atoms in total. The number of nitrogens with zero attached hydrogens (tertiary/aromatic N) is 1. The highest BCUT2D eigenvalue weighted by Gasteiger charge is 2.43. The van der Waals surface area contributed by atoms with Gasteiger partial charge in [0, 0.05) is 31.2 Å². The minimum atomic E-state index is -0.161. The summed E-state index contributed by atoms with van der Waals surface area (Å²) in [5.41, 5.74) is 1.03. The summed E-state index contributed by atoms with van der Waals surface area (Å²) < 4.78 is 5.19. The molecule has 0 radical (unpaired) electrons. The van der Waals surface area contributed by atoms with E-state index in [1.165, 1.54) is 0 Å². The fourth-order valence-corrected chi connectivity index (χ4v) is 4.16. The van der Waals surface area contributed by atoms with Crippen LogP contribution in [-0.2, 0) is 16.0 Å². The first kappa shape index (κ1) is 18.7. The zero-order valence-corrected chi connectivity index (χ0v) is 15.4. The van der Waals surface area contributed by atoms with Gasteiger partial charge >= 0.3 is 6.09 Å². The second-order valence-corrected chi connectivity index (χ2v) is 7.13. The van der Waals surface area contributed by atoms with E-state index < -0.39 is 0 Å². The smallest absolute Gasteiger partial charge is 0.410 e. The fraction of sp³-hybridized carbons (Fsp3) is 0.600. The number of rotatable bonds is 7. The molecule has 2 bridgehead atoms. The molecule has 0 saturated carbocycles. The third-order valence-corrected chi connectivity index (χ3v) is 5.30. The van der Waals surface area contributed by atoms with Crippen LogP contribution < -0.4 is 10.6 Å². The van der Waals surface area contributed by atoms with Gasteiger partial charge in [0.05, 0.1) is 13.0 Å². The number of amides is 2. The molecule has 0 aliphatic carbocycles. The quantitative estimate of drug-likeness (QED) is 0.732. The predicted octanol–water partition coefficient (Wildman–Crippen LogP) is 2.09. The van der Waals surface area contributed by atoms with Crippen LogP contribution in [0.15, 0.2) is 30.3 Å². The highest BCUT2D eigenvalue weighted by atomic mass is 16.6. The van der Waals surface area contributed by atoms with Crippen molar-refractivity contribution in [2.24, 2.45) is 0 Å². The lowest BCUT2D eigenvalue weighted by atomic mass is 9.98. The fourth-order valence-electron chi connectivity index (χ4n) is 4.16. The van der Waals surface area contributed by atoms with Crippen molar-refractivity contribution in [3.8, 4) is 0 Å². The second kappa shape index (κ2) is 9.03. The molecule has 2 aliphatic heterocycles. The van der Waals surface area contributed by atoms with Crippen LogP contribution in [0.1, 0.15) is 38.2 Å². The van der Waals surface area contributed by atoms with Gasteiger partial charge in [-0.2, -0.15) is 0 Å². The van der Waals surface area contributed by atoms with Crippen LogP contribution in [0.5, 0.6) is 0 Å². The first-order chi connectivity index (χ1) is 12.7. The van der Waals surface area contributed by atoms with Crippen molar-refractivity contribution in [3.05, 3.63) is 35.9 Å². The number of hydrogen-bond donors (Lipinski definition) is 2. The van der Waals surface area contributed by atoms with Gasteiger partial charge in [-0.25, -0.2) is 4.79 Å². The maximum atomic E-state index is 12.1. The number of piperidine rings is 1. The standard InChI is InChI=1S/C20H29N3O3/c1-2-26-20(25)23-17-8-9-18(23)14-16(13-17)21-10-11-22-19(24)12-15-6-4-3-5-7-15/h3-7,16-18,21H,2,8-14H2,1H3,(H,22,24). The molecule has 2 unspecified atom stereocenters. The van der Waals surface area contributed by atoms with Crippen molar-refractivity contribution < 1.29 is 14.3 Å². The average Bonchev–Trinajstić information content (AvgIpc) is 2.90. The summed E-state index contributed by atoms with van der Waals surface area (Å²) in [4.78, 5) is 26.0. The maximum Gasteiger partial charge on any atom is 0.410 e. The molecule has 6 heteroatoms. The van der Waals surface area contributed by atoms with Crippen LogP contribution in [-0.4, -0.2) is 54.7 Å². The summed E-state index contributed by atoms with van der Waals surface area (Å²) in [7, 11) is 0. The van der Waals surface area contributed by atoms with E-state index in [0.717, 1.165) is 37.8 Å². The van der Waals surface area contributed by atoms with Crippen molar-refractivity contribution in [1.29, 1.82) is 0 Å². The van der Waals surface area contributed by atoms with Crippen LogP contribution >= 0.6 is 0 Å². The second-order valence-electron chi connectivity index (χ2n) is 7.13. The Balaban J connectivity index is 1.35. The summed E-state index contributed by atoms with van der Waals surface area (Å²) >= 11 is 0. The average molecular weight is 359 g/mol. The predicted molar refractivity (Wildman–Crippen MR) is 99.9 cm³/mol. The Kier molecular flexibility index (Phi) is 6.50. The van der Waals surface area contributed by atoms with Gasteiger partial charge in [-0.15, -0.1) is 0 Å². The Bertz CT molecular complexity index is 594. The highest BCUT2D eigenvalue weighted by Crippen LogP contribution is 2.36. The van der Waals surface area contributed by atoms with Crippen molar-refractivity contribution >= 4 is 12.0 Å². The van der Waals surface area contributed by atoms with E-state index in [4.69, 9.17) is 4.74 Å². The molecule has 0 aromatic heterocycles. The molecule has 0 spiro atoms. The van der Waals surface area contributed by atoms with E-state index in [1.807, 2.05) is 42.2 Å². The number of carbonyl (C=O) groups excluding carboxylic acids is 2. The molecule has 1 aromatic carbocycles. The highest BCUT2D eigenvalue weighted by molar-refractivity contribution is 5.78. The van der Waals surface area contributed by atoms with E-state index >= 15 is 0 Å². The summed E-state index contributed by atoms with van der Waals surface area (Å²) in [5.74, 6) is 0.0511. The molecule has 3 rings (SSSR count). The van der Waals surface area contributed by atoms with E-state index in [2.05, 4.69) is 10.6 Å². The van der Waals surface area contributed by atoms with Crippen LogP contribution in [0, 0.1) is 0 Å². The lowest BCUT2D eigenvalue weighted by Crippen LogP contribution is -2.52. The van der Waals surface area contributed by atoms with Gasteiger partial charge in [0.1, 0.15) is 0 Å². The summed E-state index contributed by atoms with van der Waals surface area (Å²) in [6.45, 7) is 3.66. The first-order valence-corrected chi connectivity index (χ1v) is 9.66. The van der Waals surface area contributed by atoms with E-state index in [1.54, 1.807) is 0 Å². The summed E-state index contributed by atoms with van der Waals surface area (Å²) in [6, 6.07) is 10.8. The number of fused-ring (bicyclic) bond motifs is 2. The Morgan fingerprint density at radius 1 is 1.12 bits per heavy atom. The normalized spacial score (nSPS) is 24.3. The van der Waals surface area contributed by atoms with Crippen LogP contribution in [0.4, 0.5) is 4.79 Å². The Morgan fingerprint density at radius 2 is 1.81 bits per heavy atom. The molecule has 2 fully saturated rings. The molecule has 2 amide bonds. The summed E-state index contributed by atoms with van der Waals surface area (Å²) in [5, 5.41) is 6.51. The number of carbonyl (C=O) groups is 2. The van der Waals surface area contributed by atoms with Crippen molar-refractivity contribution in [1.82, 2.24) is 15.5 Å². The minimum absolute atomic E-state index is 0.0511. The molecular formula is C20H29N3O3. The monoisotopic (exact) mass is 359 g/mol. The van der Waals surface area contributed by atoms with E-state index in [9.17, 15) is 9.59 Å². The van der Waals surface area contributed by atoms with Crippen LogP contribution in [0.2, 0.25) is 0 Å². The van der Waals surface area contributed by atoms with Crippen molar-refractivity contribution in [2.45, 2.75) is 57.2 Å². The first-order valence-electron chi connectivity index (χ1n) is 9.66. The van der Waals surface area contributed by atoms with E-state index in [-0.39, 0.29) is 24.1 Å². The lowest BCUT2D eigenvalue weighted by Gasteiger charge is -2.38. The number of nitrogens with one attached hydrogen (secondary N) is 2. The molecular weight excluding hydrogens is 330 g/mol. The maximum absolute atomic E-state index is 12.1. The molecule has 2 heterocycles. The van der Waals surface area contributed by atoms with Gasteiger partial charge in [-0.3, -0.25) is 4.79 Å². The molecule has 2 aliphatic rings. The summed E-state index contributed by atoms with van der Waals surface area (Å²) in [6.07, 6.45) is 4.32. The number of hydrogen-bond acceptors (Lipinski definition) is 4. The molecule has 1 aromatic rings. The van der Waals surface area contributed by atoms with Crippen molar-refractivity contribution in [3.63, 3.8) is 0 Å². The lowest BCUT2D eigenvalue weighted by molar-refractivity contribution is -0.120. The molecule has 142 valence electrons. The van der Waals surface area contributed by atoms with Gasteiger partial charge in [0.15, 0.2) is 0 Å². The van der Waals surface area contributed by atoms with Gasteiger partial charge in [0.25, 0.3) is 0 Å². The molecule has 2 saturated heterocycles. The van der Waals surface area contributed by atoms with Gasteiger partial charge in [0.2, 0.25) is 5.91 Å². The Hall–Kier alpha value is -2.08. The third-order valence-electron chi connectivity index (χ3n) is 5.30. The largest absolute Gasteiger partial charge is 0.450 e. The number of benzene rings is 1. The van der Waals surface area contributed by atoms with Gasteiger partial charge < -0.3 is 20.3 Å². The molecule has 2 atom stereocenters. The zero-order valence-electron chi connectivity index (χ0n) is 15.4. The van der Waals surface area contributed by atoms with Gasteiger partial charge in [-0.1, -0.05) is 30.3 Å². The van der Waals surface area contributed by atoms with Crippen LogP contribution in [0.3, 0.4) is 0 Å². The Labute approximate surface area is 155 Å². The van der Waals surface area contributed by atoms with Gasteiger partial charge in [-0.05, 0) is 38.2 Å². The number of ether oxygens (including phenoxy) is 1. The Morgan fingerprint density at radius 3 is 2.46 bits per heavy atom. The third kappa shape index (κ3) is 4.75. The minimum Gasteiger partial charge on any atom is -0.450 e. The molecule has 26 heavy (non-hydrogen) atoms. The van der Waals surface area contributed by atoms with Crippen LogP contribution in [0.25, 0.3) is 0 Å². The topological polar surface area (TPSA) is 70.7 Å². The zero-order chi connectivity index (χ0) is 18.4. The molecule has 2 N–H and O–H groups in total. The van der Waals surface area contributed by atoms with E-state index in [0.29, 0.717) is 25.6 Å². The van der Waals surface area contributed by atoms with Crippen molar-refractivity contribution in [2.75, 3.05) is 19.7 Å². The SMILES string of the molecule is CCOC(=O)N1C2CCC1CC(NCCNC(=O)Cc1ccccc1)C2.